The first kappa shape index (κ1) is 18.1. The van der Waals surface area contributed by atoms with Gasteiger partial charge < -0.3 is 15.5 Å². The van der Waals surface area contributed by atoms with E-state index < -0.39 is 0 Å². The number of hydrogen-bond donors (Lipinski definition) is 2. The van der Waals surface area contributed by atoms with Crippen LogP contribution in [-0.2, 0) is 0 Å². The van der Waals surface area contributed by atoms with Crippen LogP contribution >= 0.6 is 0 Å². The topological polar surface area (TPSA) is 66.8 Å². The Morgan fingerprint density at radius 1 is 1.25 bits per heavy atom. The van der Waals surface area contributed by atoms with E-state index in [-0.39, 0.29) is 6.04 Å². The van der Waals surface area contributed by atoms with Gasteiger partial charge in [-0.25, -0.2) is 0 Å². The Kier molecular flexibility index (Phi) is 6.44. The molecule has 0 amide bonds. The summed E-state index contributed by atoms with van der Waals surface area (Å²) in [7, 11) is 4.00. The van der Waals surface area contributed by atoms with Crippen LogP contribution in [-0.4, -0.2) is 31.5 Å². The lowest BCUT2D eigenvalue weighted by Gasteiger charge is -2.20. The highest BCUT2D eigenvalue weighted by Gasteiger charge is 2.16. The quantitative estimate of drug-likeness (QED) is 0.599. The maximum Gasteiger partial charge on any atom is 0.193 e. The van der Waals surface area contributed by atoms with Gasteiger partial charge in [0, 0.05) is 5.69 Å². The molecule has 5 heteroatoms. The van der Waals surface area contributed by atoms with E-state index in [0.29, 0.717) is 18.4 Å². The number of nitrogens with zero attached hydrogens (tertiary/aromatic N) is 2. The summed E-state index contributed by atoms with van der Waals surface area (Å²) in [6.07, 6.45) is 2.81. The van der Waals surface area contributed by atoms with Crippen molar-refractivity contribution in [3.63, 3.8) is 0 Å². The van der Waals surface area contributed by atoms with Crippen LogP contribution in [0.25, 0.3) is 0 Å². The fourth-order valence-corrected chi connectivity index (χ4v) is 2.49. The zero-order valence-corrected chi connectivity index (χ0v) is 15.0. The minimum Gasteiger partial charge on any atom is -0.468 e. The smallest absolute Gasteiger partial charge is 0.193 e. The zero-order valence-electron chi connectivity index (χ0n) is 15.0. The Labute approximate surface area is 144 Å². The van der Waals surface area contributed by atoms with Gasteiger partial charge in [0.1, 0.15) is 5.76 Å². The van der Waals surface area contributed by atoms with E-state index in [1.165, 1.54) is 5.56 Å². The molecule has 2 unspecified atom stereocenters. The number of nitrogens with two attached hydrogens (primary N) is 1. The third kappa shape index (κ3) is 4.86. The van der Waals surface area contributed by atoms with Crippen molar-refractivity contribution in [3.8, 4) is 0 Å². The number of benzene rings is 1. The Hall–Kier alpha value is -2.27. The largest absolute Gasteiger partial charge is 0.468 e. The highest BCUT2D eigenvalue weighted by molar-refractivity contribution is 5.92. The average Bonchev–Trinajstić information content (AvgIpc) is 3.09. The molecule has 0 saturated carbocycles. The fraction of sp³-hybridized carbons (Fsp3) is 0.421. The second kappa shape index (κ2) is 8.55. The Morgan fingerprint density at radius 3 is 2.50 bits per heavy atom. The second-order valence-corrected chi connectivity index (χ2v) is 6.28. The van der Waals surface area contributed by atoms with Crippen molar-refractivity contribution in [1.82, 2.24) is 4.90 Å². The van der Waals surface area contributed by atoms with Crippen LogP contribution in [0, 0.1) is 0 Å². The predicted molar refractivity (Wildman–Crippen MR) is 100 cm³/mol. The summed E-state index contributed by atoms with van der Waals surface area (Å²) in [6, 6.07) is 12.3. The van der Waals surface area contributed by atoms with Crippen LogP contribution in [0.1, 0.15) is 43.6 Å². The Bertz CT molecular complexity index is 632. The standard InChI is InChI=1S/C19H28N4O/c1-5-14(2)15-8-10-16(11-9-15)22-19(20)21-13-17(23(3)4)18-7-6-12-24-18/h6-12,14,17H,5,13H2,1-4H3,(H3,20,21,22). The number of likely N-dealkylation sites (N-methyl/N-ethyl adjacent to an activating group) is 1. The summed E-state index contributed by atoms with van der Waals surface area (Å²) in [4.78, 5) is 6.52. The van der Waals surface area contributed by atoms with Gasteiger partial charge in [0.2, 0.25) is 0 Å². The van der Waals surface area contributed by atoms with Crippen molar-refractivity contribution >= 4 is 11.6 Å². The number of rotatable bonds is 7. The van der Waals surface area contributed by atoms with Gasteiger partial charge in [-0.1, -0.05) is 26.0 Å². The lowest BCUT2D eigenvalue weighted by molar-refractivity contribution is 0.265. The molecule has 5 nitrogen and oxygen atoms in total. The van der Waals surface area contributed by atoms with Gasteiger partial charge in [-0.3, -0.25) is 9.89 Å². The molecule has 0 bridgehead atoms. The van der Waals surface area contributed by atoms with Crippen LogP contribution in [0.15, 0.2) is 52.1 Å². The molecule has 130 valence electrons. The molecule has 0 saturated heterocycles. The molecule has 0 fully saturated rings. The lowest BCUT2D eigenvalue weighted by atomic mass is 9.99. The minimum absolute atomic E-state index is 0.0631. The number of guanidine groups is 1. The SMILES string of the molecule is CCC(C)c1ccc(NC(N)=NCC(c2ccco2)N(C)C)cc1. The molecule has 0 aliphatic carbocycles. The van der Waals surface area contributed by atoms with Crippen LogP contribution in [0.3, 0.4) is 0 Å². The van der Waals surface area contributed by atoms with Gasteiger partial charge in [-0.15, -0.1) is 0 Å². The molecule has 1 heterocycles. The maximum atomic E-state index is 6.02. The number of furan rings is 1. The monoisotopic (exact) mass is 328 g/mol. The number of aliphatic imine (C=N–C) groups is 1. The summed E-state index contributed by atoms with van der Waals surface area (Å²) < 4.78 is 5.48. The summed E-state index contributed by atoms with van der Waals surface area (Å²) in [6.45, 7) is 4.96. The van der Waals surface area contributed by atoms with Crippen LogP contribution in [0.2, 0.25) is 0 Å². The first-order chi connectivity index (χ1) is 11.5. The normalized spacial score (nSPS) is 14.6. The third-order valence-electron chi connectivity index (χ3n) is 4.29. The van der Waals surface area contributed by atoms with Crippen molar-refractivity contribution in [2.24, 2.45) is 10.7 Å². The van der Waals surface area contributed by atoms with Crippen molar-refractivity contribution in [2.75, 3.05) is 26.0 Å². The molecular formula is C19H28N4O. The highest BCUT2D eigenvalue weighted by Crippen LogP contribution is 2.21. The molecule has 3 N–H and O–H groups in total. The molecule has 2 aromatic rings. The van der Waals surface area contributed by atoms with E-state index in [0.717, 1.165) is 17.9 Å². The van der Waals surface area contributed by atoms with Crippen LogP contribution in [0.4, 0.5) is 5.69 Å². The van der Waals surface area contributed by atoms with Crippen LogP contribution in [0.5, 0.6) is 0 Å². The Balaban J connectivity index is 1.98. The summed E-state index contributed by atoms with van der Waals surface area (Å²) in [5.41, 5.74) is 8.31. The van der Waals surface area contributed by atoms with Crippen molar-refractivity contribution in [1.29, 1.82) is 0 Å². The molecule has 0 radical (unpaired) electrons. The maximum absolute atomic E-state index is 6.02. The van der Waals surface area contributed by atoms with Gasteiger partial charge in [-0.2, -0.15) is 0 Å². The van der Waals surface area contributed by atoms with Gasteiger partial charge in [0.05, 0.1) is 18.8 Å². The van der Waals surface area contributed by atoms with E-state index in [9.17, 15) is 0 Å². The van der Waals surface area contributed by atoms with Gasteiger partial charge in [0.25, 0.3) is 0 Å². The Morgan fingerprint density at radius 2 is 1.96 bits per heavy atom. The molecule has 0 aliphatic rings. The molecule has 24 heavy (non-hydrogen) atoms. The molecule has 1 aromatic heterocycles. The molecule has 2 rings (SSSR count). The highest BCUT2D eigenvalue weighted by atomic mass is 16.3. The van der Waals surface area contributed by atoms with Crippen molar-refractivity contribution in [3.05, 3.63) is 54.0 Å². The predicted octanol–water partition coefficient (Wildman–Crippen LogP) is 3.82. The van der Waals surface area contributed by atoms with Gasteiger partial charge >= 0.3 is 0 Å². The molecular weight excluding hydrogens is 300 g/mol. The van der Waals surface area contributed by atoms with E-state index in [1.54, 1.807) is 6.26 Å². The van der Waals surface area contributed by atoms with E-state index in [2.05, 4.69) is 41.2 Å². The second-order valence-electron chi connectivity index (χ2n) is 6.28. The molecule has 0 spiro atoms. The van der Waals surface area contributed by atoms with Crippen molar-refractivity contribution in [2.45, 2.75) is 32.2 Å². The molecule has 0 aliphatic heterocycles. The first-order valence-electron chi connectivity index (χ1n) is 8.38. The minimum atomic E-state index is 0.0631. The fourth-order valence-electron chi connectivity index (χ4n) is 2.49. The number of nitrogens with one attached hydrogen (secondary N) is 1. The average molecular weight is 328 g/mol. The van der Waals surface area contributed by atoms with E-state index in [4.69, 9.17) is 10.2 Å². The molecule has 1 aromatic carbocycles. The summed E-state index contributed by atoms with van der Waals surface area (Å²) in [5, 5.41) is 3.14. The van der Waals surface area contributed by atoms with Gasteiger partial charge in [0.15, 0.2) is 5.96 Å². The van der Waals surface area contributed by atoms with Crippen LogP contribution < -0.4 is 11.1 Å². The van der Waals surface area contributed by atoms with Crippen molar-refractivity contribution < 1.29 is 4.42 Å². The zero-order chi connectivity index (χ0) is 17.5. The van der Waals surface area contributed by atoms with E-state index >= 15 is 0 Å². The summed E-state index contributed by atoms with van der Waals surface area (Å²) in [5.74, 6) is 1.86. The number of anilines is 1. The number of hydrogen-bond acceptors (Lipinski definition) is 3. The molecule has 2 atom stereocenters. The lowest BCUT2D eigenvalue weighted by Crippen LogP contribution is -2.27. The first-order valence-corrected chi connectivity index (χ1v) is 8.38. The van der Waals surface area contributed by atoms with E-state index in [1.807, 2.05) is 38.4 Å². The summed E-state index contributed by atoms with van der Waals surface area (Å²) >= 11 is 0. The third-order valence-corrected chi connectivity index (χ3v) is 4.29. The van der Waals surface area contributed by atoms with Gasteiger partial charge in [-0.05, 0) is 56.3 Å².